The highest BCUT2D eigenvalue weighted by Crippen LogP contribution is 2.09. The van der Waals surface area contributed by atoms with Crippen LogP contribution in [0.15, 0.2) is 11.8 Å². The molecule has 0 bridgehead atoms. The van der Waals surface area contributed by atoms with Gasteiger partial charge in [0.25, 0.3) is 0 Å². The molecule has 3 heteroatoms. The van der Waals surface area contributed by atoms with Gasteiger partial charge < -0.3 is 10.2 Å². The van der Waals surface area contributed by atoms with Gasteiger partial charge in [0.15, 0.2) is 5.76 Å². The molecule has 0 radical (unpaired) electrons. The first-order valence-electron chi connectivity index (χ1n) is 5.81. The van der Waals surface area contributed by atoms with Crippen LogP contribution in [0.4, 0.5) is 0 Å². The Balaban J connectivity index is 3.25. The Bertz CT molecular complexity index is 197. The maximum absolute atomic E-state index is 10.2. The molecule has 0 saturated heterocycles. The molecule has 0 aromatic carbocycles. The summed E-state index contributed by atoms with van der Waals surface area (Å²) in [6.07, 6.45) is 10.5. The summed E-state index contributed by atoms with van der Waals surface area (Å²) >= 11 is 0. The molecular weight excluding hydrogens is 192 g/mol. The molecule has 0 fully saturated rings. The van der Waals surface area contributed by atoms with E-state index >= 15 is 0 Å². The number of aliphatic hydroxyl groups is 1. The third-order valence-electron chi connectivity index (χ3n) is 2.36. The molecule has 88 valence electrons. The minimum absolute atomic E-state index is 0.527. The summed E-state index contributed by atoms with van der Waals surface area (Å²) < 4.78 is 0. The van der Waals surface area contributed by atoms with Crippen LogP contribution in [-0.2, 0) is 4.79 Å². The Morgan fingerprint density at radius 2 is 1.53 bits per heavy atom. The van der Waals surface area contributed by atoms with Gasteiger partial charge in [0.1, 0.15) is 0 Å². The van der Waals surface area contributed by atoms with Gasteiger partial charge in [0, 0.05) is 0 Å². The monoisotopic (exact) mass is 214 g/mol. The quantitative estimate of drug-likeness (QED) is 0.350. The van der Waals surface area contributed by atoms with E-state index in [0.717, 1.165) is 12.8 Å². The minimum atomic E-state index is -1.24. The molecule has 0 aromatic heterocycles. The predicted molar refractivity (Wildman–Crippen MR) is 61.0 cm³/mol. The highest BCUT2D eigenvalue weighted by molar-refractivity contribution is 5.83. The van der Waals surface area contributed by atoms with Crippen molar-refractivity contribution >= 4 is 5.97 Å². The lowest BCUT2D eigenvalue weighted by Crippen LogP contribution is -1.98. The second-order valence-electron chi connectivity index (χ2n) is 3.80. The summed E-state index contributed by atoms with van der Waals surface area (Å²) in [4.78, 5) is 10.2. The van der Waals surface area contributed by atoms with E-state index in [1.54, 1.807) is 0 Å². The molecule has 0 atom stereocenters. The number of aliphatic hydroxyl groups excluding tert-OH is 1. The second kappa shape index (κ2) is 9.56. The zero-order chi connectivity index (χ0) is 11.5. The van der Waals surface area contributed by atoms with Crippen LogP contribution in [0.3, 0.4) is 0 Å². The van der Waals surface area contributed by atoms with Gasteiger partial charge in [-0.05, 0) is 18.9 Å². The van der Waals surface area contributed by atoms with Crippen LogP contribution in [-0.4, -0.2) is 16.2 Å². The SMILES string of the molecule is CCCCCCCCC/C=C(\O)C(=O)O. The molecule has 0 aliphatic carbocycles. The van der Waals surface area contributed by atoms with Crippen LogP contribution < -0.4 is 0 Å². The zero-order valence-electron chi connectivity index (χ0n) is 9.54. The van der Waals surface area contributed by atoms with E-state index < -0.39 is 11.7 Å². The lowest BCUT2D eigenvalue weighted by molar-refractivity contribution is -0.135. The number of carboxylic acids is 1. The molecule has 0 spiro atoms. The number of hydrogen-bond donors (Lipinski definition) is 2. The van der Waals surface area contributed by atoms with Gasteiger partial charge in [-0.1, -0.05) is 45.4 Å². The van der Waals surface area contributed by atoms with Crippen LogP contribution >= 0.6 is 0 Å². The first kappa shape index (κ1) is 14.0. The average molecular weight is 214 g/mol. The van der Waals surface area contributed by atoms with E-state index in [9.17, 15) is 4.79 Å². The fraction of sp³-hybridized carbons (Fsp3) is 0.750. The van der Waals surface area contributed by atoms with E-state index in [0.29, 0.717) is 6.42 Å². The number of unbranched alkanes of at least 4 members (excludes halogenated alkanes) is 7. The fourth-order valence-corrected chi connectivity index (χ4v) is 1.43. The summed E-state index contributed by atoms with van der Waals surface area (Å²) in [7, 11) is 0. The second-order valence-corrected chi connectivity index (χ2v) is 3.80. The summed E-state index contributed by atoms with van der Waals surface area (Å²) in [5.74, 6) is -1.76. The molecule has 15 heavy (non-hydrogen) atoms. The Morgan fingerprint density at radius 1 is 1.00 bits per heavy atom. The Morgan fingerprint density at radius 3 is 2.07 bits per heavy atom. The van der Waals surface area contributed by atoms with Crippen molar-refractivity contribution in [1.82, 2.24) is 0 Å². The van der Waals surface area contributed by atoms with Crippen molar-refractivity contribution in [2.24, 2.45) is 0 Å². The summed E-state index contributed by atoms with van der Waals surface area (Å²) in [6, 6.07) is 0. The van der Waals surface area contributed by atoms with Gasteiger partial charge in [0.2, 0.25) is 0 Å². The summed E-state index contributed by atoms with van der Waals surface area (Å²) in [5.41, 5.74) is 0. The van der Waals surface area contributed by atoms with Gasteiger partial charge in [-0.25, -0.2) is 4.79 Å². The largest absolute Gasteiger partial charge is 0.502 e. The van der Waals surface area contributed by atoms with Gasteiger partial charge in [0.05, 0.1) is 0 Å². The third-order valence-corrected chi connectivity index (χ3v) is 2.36. The molecule has 0 aliphatic rings. The summed E-state index contributed by atoms with van der Waals surface area (Å²) in [6.45, 7) is 2.19. The van der Waals surface area contributed by atoms with E-state index in [2.05, 4.69) is 6.92 Å². The van der Waals surface area contributed by atoms with Crippen LogP contribution in [0.25, 0.3) is 0 Å². The topological polar surface area (TPSA) is 57.5 Å². The van der Waals surface area contributed by atoms with Crippen molar-refractivity contribution < 1.29 is 15.0 Å². The number of carbonyl (C=O) groups is 1. The first-order chi connectivity index (χ1) is 7.18. The lowest BCUT2D eigenvalue weighted by Gasteiger charge is -1.99. The highest BCUT2D eigenvalue weighted by Gasteiger charge is 2.01. The Hall–Kier alpha value is -0.990. The van der Waals surface area contributed by atoms with Crippen molar-refractivity contribution in [3.63, 3.8) is 0 Å². The number of rotatable bonds is 9. The van der Waals surface area contributed by atoms with E-state index in [1.807, 2.05) is 0 Å². The van der Waals surface area contributed by atoms with Crippen LogP contribution in [0.5, 0.6) is 0 Å². The van der Waals surface area contributed by atoms with E-state index in [1.165, 1.54) is 38.2 Å². The number of allylic oxidation sites excluding steroid dienone is 1. The van der Waals surface area contributed by atoms with Crippen LogP contribution in [0.2, 0.25) is 0 Å². The number of carboxylic acid groups (broad SMARTS) is 1. The normalized spacial score (nSPS) is 11.7. The maximum Gasteiger partial charge on any atom is 0.370 e. The van der Waals surface area contributed by atoms with Crippen molar-refractivity contribution in [3.8, 4) is 0 Å². The van der Waals surface area contributed by atoms with Crippen molar-refractivity contribution in [1.29, 1.82) is 0 Å². The van der Waals surface area contributed by atoms with Gasteiger partial charge in [-0.15, -0.1) is 0 Å². The molecule has 0 amide bonds. The molecule has 0 unspecified atom stereocenters. The van der Waals surface area contributed by atoms with Crippen molar-refractivity contribution in [2.45, 2.75) is 58.3 Å². The third kappa shape index (κ3) is 9.32. The zero-order valence-corrected chi connectivity index (χ0v) is 9.54. The van der Waals surface area contributed by atoms with E-state index in [4.69, 9.17) is 10.2 Å². The van der Waals surface area contributed by atoms with Crippen LogP contribution in [0, 0.1) is 0 Å². The van der Waals surface area contributed by atoms with Crippen molar-refractivity contribution in [3.05, 3.63) is 11.8 Å². The number of aliphatic carboxylic acids is 1. The molecule has 3 nitrogen and oxygen atoms in total. The molecule has 2 N–H and O–H groups in total. The maximum atomic E-state index is 10.2. The Kier molecular flexibility index (Phi) is 8.93. The fourth-order valence-electron chi connectivity index (χ4n) is 1.43. The average Bonchev–Trinajstić information content (AvgIpc) is 2.21. The van der Waals surface area contributed by atoms with Crippen molar-refractivity contribution in [2.75, 3.05) is 0 Å². The van der Waals surface area contributed by atoms with E-state index in [-0.39, 0.29) is 0 Å². The predicted octanol–water partition coefficient (Wildman–Crippen LogP) is 3.65. The first-order valence-corrected chi connectivity index (χ1v) is 5.81. The van der Waals surface area contributed by atoms with Crippen LogP contribution in [0.1, 0.15) is 58.3 Å². The highest BCUT2D eigenvalue weighted by atomic mass is 16.4. The molecule has 0 saturated carbocycles. The lowest BCUT2D eigenvalue weighted by atomic mass is 10.1. The Labute approximate surface area is 91.8 Å². The molecular formula is C12H22O3. The standard InChI is InChI=1S/C12H22O3/c1-2-3-4-5-6-7-8-9-10-11(13)12(14)15/h10,13H,2-9H2,1H3,(H,14,15)/b11-10-. The minimum Gasteiger partial charge on any atom is -0.502 e. The molecule has 0 rings (SSSR count). The molecule has 0 aromatic rings. The molecule has 0 aliphatic heterocycles. The van der Waals surface area contributed by atoms with Gasteiger partial charge in [-0.2, -0.15) is 0 Å². The smallest absolute Gasteiger partial charge is 0.370 e. The molecule has 0 heterocycles. The number of hydrogen-bond acceptors (Lipinski definition) is 2. The summed E-state index contributed by atoms with van der Waals surface area (Å²) in [5, 5.41) is 17.2. The van der Waals surface area contributed by atoms with Gasteiger partial charge in [-0.3, -0.25) is 0 Å². The van der Waals surface area contributed by atoms with Gasteiger partial charge >= 0.3 is 5.97 Å².